The lowest BCUT2D eigenvalue weighted by Crippen LogP contribution is -2.24. The lowest BCUT2D eigenvalue weighted by atomic mass is 9.90. The fourth-order valence-electron chi connectivity index (χ4n) is 2.03. The highest BCUT2D eigenvalue weighted by atomic mass is 79.9. The van der Waals surface area contributed by atoms with Crippen molar-refractivity contribution in [2.45, 2.75) is 30.1 Å². The summed E-state index contributed by atoms with van der Waals surface area (Å²) in [4.78, 5) is 0.802. The first kappa shape index (κ1) is 6.17. The Bertz CT molecular complexity index is 103. The third-order valence-electron chi connectivity index (χ3n) is 2.44. The zero-order valence-corrected chi connectivity index (χ0v) is 7.02. The topological polar surface area (TPSA) is 12.0 Å². The van der Waals surface area contributed by atoms with E-state index in [4.69, 9.17) is 0 Å². The summed E-state index contributed by atoms with van der Waals surface area (Å²) in [5, 5.41) is 3.52. The molecule has 1 nitrogen and oxygen atoms in total. The Labute approximate surface area is 64.3 Å². The molecule has 0 spiro atoms. The van der Waals surface area contributed by atoms with E-state index in [1.807, 2.05) is 0 Å². The standard InChI is InChI=1S/C7H12BrN/c8-6-1-5-2-7(3-6)9-4-5/h5-7,9H,1-4H2. The van der Waals surface area contributed by atoms with Crippen molar-refractivity contribution in [1.29, 1.82) is 0 Å². The van der Waals surface area contributed by atoms with Crippen molar-refractivity contribution in [3.63, 3.8) is 0 Å². The molecule has 1 N–H and O–H groups in total. The molecule has 2 rings (SSSR count). The number of hydrogen-bond donors (Lipinski definition) is 1. The third-order valence-corrected chi connectivity index (χ3v) is 3.19. The molecule has 3 unspecified atom stereocenters. The van der Waals surface area contributed by atoms with E-state index in [1.165, 1.54) is 25.8 Å². The van der Waals surface area contributed by atoms with Gasteiger partial charge in [-0.05, 0) is 31.7 Å². The first-order valence-corrected chi connectivity index (χ1v) is 4.63. The number of alkyl halides is 1. The Morgan fingerprint density at radius 2 is 2.11 bits per heavy atom. The molecule has 0 aromatic rings. The zero-order valence-electron chi connectivity index (χ0n) is 5.44. The van der Waals surface area contributed by atoms with Crippen LogP contribution >= 0.6 is 15.9 Å². The summed E-state index contributed by atoms with van der Waals surface area (Å²) < 4.78 is 0. The lowest BCUT2D eigenvalue weighted by molar-refractivity contribution is 0.424. The van der Waals surface area contributed by atoms with Crippen molar-refractivity contribution >= 4 is 15.9 Å². The van der Waals surface area contributed by atoms with Crippen LogP contribution in [0.2, 0.25) is 0 Å². The van der Waals surface area contributed by atoms with Crippen LogP contribution < -0.4 is 5.32 Å². The van der Waals surface area contributed by atoms with Gasteiger partial charge in [0.1, 0.15) is 0 Å². The van der Waals surface area contributed by atoms with Crippen LogP contribution in [-0.2, 0) is 0 Å². The number of fused-ring (bicyclic) bond motifs is 2. The van der Waals surface area contributed by atoms with Gasteiger partial charge in [0.2, 0.25) is 0 Å². The normalized spacial score (nSPS) is 49.7. The molecule has 9 heavy (non-hydrogen) atoms. The Morgan fingerprint density at radius 1 is 1.22 bits per heavy atom. The fourth-order valence-corrected chi connectivity index (χ4v) is 3.01. The van der Waals surface area contributed by atoms with Crippen LogP contribution in [0.1, 0.15) is 19.3 Å². The van der Waals surface area contributed by atoms with Gasteiger partial charge in [0.15, 0.2) is 0 Å². The molecule has 2 heteroatoms. The second kappa shape index (κ2) is 2.24. The highest BCUT2D eigenvalue weighted by Crippen LogP contribution is 2.32. The second-order valence-electron chi connectivity index (χ2n) is 3.28. The van der Waals surface area contributed by atoms with Crippen molar-refractivity contribution < 1.29 is 0 Å². The van der Waals surface area contributed by atoms with Crippen LogP contribution in [0.3, 0.4) is 0 Å². The van der Waals surface area contributed by atoms with Crippen LogP contribution in [0.4, 0.5) is 0 Å². The monoisotopic (exact) mass is 189 g/mol. The van der Waals surface area contributed by atoms with Gasteiger partial charge in [-0.1, -0.05) is 15.9 Å². The number of hydrogen-bond acceptors (Lipinski definition) is 1. The van der Waals surface area contributed by atoms with E-state index in [0.717, 1.165) is 16.8 Å². The summed E-state index contributed by atoms with van der Waals surface area (Å²) >= 11 is 3.67. The summed E-state index contributed by atoms with van der Waals surface area (Å²) in [6.45, 7) is 1.27. The summed E-state index contributed by atoms with van der Waals surface area (Å²) in [6, 6.07) is 0.841. The number of nitrogens with one attached hydrogen (secondary N) is 1. The minimum atomic E-state index is 0.802. The molecular weight excluding hydrogens is 178 g/mol. The maximum absolute atomic E-state index is 3.67. The largest absolute Gasteiger partial charge is 0.314 e. The summed E-state index contributed by atoms with van der Waals surface area (Å²) in [7, 11) is 0. The molecule has 1 saturated heterocycles. The van der Waals surface area contributed by atoms with E-state index >= 15 is 0 Å². The van der Waals surface area contributed by atoms with Gasteiger partial charge < -0.3 is 5.32 Å². The van der Waals surface area contributed by atoms with E-state index in [0.29, 0.717) is 0 Å². The van der Waals surface area contributed by atoms with Crippen molar-refractivity contribution in [1.82, 2.24) is 5.32 Å². The first-order chi connectivity index (χ1) is 4.34. The van der Waals surface area contributed by atoms with Crippen LogP contribution in [0, 0.1) is 5.92 Å². The van der Waals surface area contributed by atoms with Gasteiger partial charge in [0, 0.05) is 10.9 Å². The minimum Gasteiger partial charge on any atom is -0.314 e. The molecule has 2 fully saturated rings. The average molecular weight is 190 g/mol. The van der Waals surface area contributed by atoms with E-state index in [-0.39, 0.29) is 0 Å². The molecule has 1 heterocycles. The molecule has 0 aromatic carbocycles. The predicted molar refractivity (Wildman–Crippen MR) is 41.8 cm³/mol. The van der Waals surface area contributed by atoms with Gasteiger partial charge in [-0.15, -0.1) is 0 Å². The molecule has 0 aromatic heterocycles. The van der Waals surface area contributed by atoms with Crippen molar-refractivity contribution in [3.05, 3.63) is 0 Å². The summed E-state index contributed by atoms with van der Waals surface area (Å²) in [5.74, 6) is 0.980. The van der Waals surface area contributed by atoms with Crippen LogP contribution in [0.15, 0.2) is 0 Å². The molecule has 2 aliphatic rings. The quantitative estimate of drug-likeness (QED) is 0.571. The SMILES string of the molecule is BrC1CC2CNC(C1)C2. The third kappa shape index (κ3) is 1.15. The highest BCUT2D eigenvalue weighted by molar-refractivity contribution is 9.09. The smallest absolute Gasteiger partial charge is 0.0163 e. The van der Waals surface area contributed by atoms with E-state index in [2.05, 4.69) is 21.2 Å². The minimum absolute atomic E-state index is 0.802. The van der Waals surface area contributed by atoms with Gasteiger partial charge in [-0.25, -0.2) is 0 Å². The van der Waals surface area contributed by atoms with Crippen LogP contribution in [-0.4, -0.2) is 17.4 Å². The summed E-state index contributed by atoms with van der Waals surface area (Å²) in [6.07, 6.45) is 4.17. The Hall–Kier alpha value is 0.440. The lowest BCUT2D eigenvalue weighted by Gasteiger charge is -2.21. The van der Waals surface area contributed by atoms with Crippen molar-refractivity contribution in [2.75, 3.05) is 6.54 Å². The number of rotatable bonds is 0. The Kier molecular flexibility index (Phi) is 1.54. The maximum Gasteiger partial charge on any atom is 0.0163 e. The molecular formula is C7H12BrN. The molecule has 52 valence electrons. The molecule has 1 aliphatic heterocycles. The van der Waals surface area contributed by atoms with Crippen LogP contribution in [0.25, 0.3) is 0 Å². The average Bonchev–Trinajstić information content (AvgIpc) is 2.11. The predicted octanol–water partition coefficient (Wildman–Crippen LogP) is 1.52. The van der Waals surface area contributed by atoms with Crippen molar-refractivity contribution in [2.24, 2.45) is 5.92 Å². The van der Waals surface area contributed by atoms with Gasteiger partial charge in [-0.3, -0.25) is 0 Å². The second-order valence-corrected chi connectivity index (χ2v) is 4.57. The maximum atomic E-state index is 3.67. The van der Waals surface area contributed by atoms with Crippen molar-refractivity contribution in [3.8, 4) is 0 Å². The molecule has 3 atom stereocenters. The highest BCUT2D eigenvalue weighted by Gasteiger charge is 2.32. The Morgan fingerprint density at radius 3 is 2.89 bits per heavy atom. The fraction of sp³-hybridized carbons (Fsp3) is 1.00. The first-order valence-electron chi connectivity index (χ1n) is 3.72. The van der Waals surface area contributed by atoms with Gasteiger partial charge in [-0.2, -0.15) is 0 Å². The van der Waals surface area contributed by atoms with Crippen LogP contribution in [0.5, 0.6) is 0 Å². The van der Waals surface area contributed by atoms with E-state index in [9.17, 15) is 0 Å². The Balaban J connectivity index is 2.03. The van der Waals surface area contributed by atoms with E-state index in [1.54, 1.807) is 0 Å². The molecule has 0 amide bonds. The molecule has 2 bridgehead atoms. The summed E-state index contributed by atoms with van der Waals surface area (Å²) in [5.41, 5.74) is 0. The molecule has 1 aliphatic carbocycles. The van der Waals surface area contributed by atoms with Gasteiger partial charge in [0.25, 0.3) is 0 Å². The van der Waals surface area contributed by atoms with E-state index < -0.39 is 0 Å². The molecule has 1 saturated carbocycles. The van der Waals surface area contributed by atoms with Gasteiger partial charge in [0.05, 0.1) is 0 Å². The number of halogens is 1. The van der Waals surface area contributed by atoms with Gasteiger partial charge >= 0.3 is 0 Å². The molecule has 0 radical (unpaired) electrons. The zero-order chi connectivity index (χ0) is 6.27.